The van der Waals surface area contributed by atoms with Crippen LogP contribution in [0.4, 0.5) is 5.00 Å². The molecule has 0 unspecified atom stereocenters. The van der Waals surface area contributed by atoms with Crippen molar-refractivity contribution in [3.05, 3.63) is 27.1 Å². The minimum Gasteiger partial charge on any atom is -0.351 e. The summed E-state index contributed by atoms with van der Waals surface area (Å²) >= 11 is 0.854. The molecule has 0 spiro atoms. The van der Waals surface area contributed by atoms with Gasteiger partial charge in [0.05, 0.1) is 15.9 Å². The fourth-order valence-electron chi connectivity index (χ4n) is 1.17. The molecule has 0 aromatic carbocycles. The number of nitrogens with one attached hydrogen (secondary N) is 1. The Labute approximate surface area is 102 Å². The van der Waals surface area contributed by atoms with Gasteiger partial charge in [-0.2, -0.15) is 5.26 Å². The second kappa shape index (κ2) is 6.60. The summed E-state index contributed by atoms with van der Waals surface area (Å²) in [6, 6.07) is 4.77. The highest BCUT2D eigenvalue weighted by Crippen LogP contribution is 2.23. The van der Waals surface area contributed by atoms with Crippen LogP contribution in [0.25, 0.3) is 0 Å². The molecular formula is C10H11N3O3S. The number of hydrogen-bond acceptors (Lipinski definition) is 5. The molecule has 1 N–H and O–H groups in total. The lowest BCUT2D eigenvalue weighted by molar-refractivity contribution is -0.380. The normalized spacial score (nSPS) is 9.59. The third kappa shape index (κ3) is 4.20. The number of nitrogens with zero attached hydrogens (tertiary/aromatic N) is 2. The zero-order valence-electron chi connectivity index (χ0n) is 9.01. The Kier molecular flexibility index (Phi) is 5.10. The van der Waals surface area contributed by atoms with Crippen LogP contribution in [-0.2, 0) is 0 Å². The number of carbonyl (C=O) groups excluding carboxylic acids is 1. The molecule has 17 heavy (non-hydrogen) atoms. The van der Waals surface area contributed by atoms with Crippen LogP contribution in [0.2, 0.25) is 0 Å². The van der Waals surface area contributed by atoms with Crippen LogP contribution >= 0.6 is 11.3 Å². The summed E-state index contributed by atoms with van der Waals surface area (Å²) in [6.45, 7) is 0.478. The van der Waals surface area contributed by atoms with Crippen molar-refractivity contribution < 1.29 is 9.72 Å². The van der Waals surface area contributed by atoms with Crippen LogP contribution in [0.5, 0.6) is 0 Å². The Morgan fingerprint density at radius 1 is 1.53 bits per heavy atom. The smallest absolute Gasteiger partial charge is 0.324 e. The van der Waals surface area contributed by atoms with Crippen molar-refractivity contribution in [1.82, 2.24) is 5.32 Å². The fraction of sp³-hybridized carbons (Fsp3) is 0.400. The monoisotopic (exact) mass is 253 g/mol. The van der Waals surface area contributed by atoms with Crippen LogP contribution in [0.15, 0.2) is 12.1 Å². The molecule has 0 aliphatic carbocycles. The van der Waals surface area contributed by atoms with E-state index in [0.717, 1.165) is 24.2 Å². The maximum atomic E-state index is 11.5. The van der Waals surface area contributed by atoms with E-state index in [4.69, 9.17) is 5.26 Å². The largest absolute Gasteiger partial charge is 0.351 e. The van der Waals surface area contributed by atoms with E-state index in [-0.39, 0.29) is 10.9 Å². The molecule has 1 heterocycles. The zero-order chi connectivity index (χ0) is 12.7. The van der Waals surface area contributed by atoms with E-state index in [2.05, 4.69) is 5.32 Å². The van der Waals surface area contributed by atoms with Crippen LogP contribution in [0.3, 0.4) is 0 Å². The molecule has 0 atom stereocenters. The van der Waals surface area contributed by atoms with E-state index in [1.165, 1.54) is 12.1 Å². The first kappa shape index (κ1) is 13.1. The number of nitro groups is 1. The van der Waals surface area contributed by atoms with Crippen molar-refractivity contribution in [2.45, 2.75) is 19.3 Å². The second-order valence-electron chi connectivity index (χ2n) is 3.27. The molecule has 7 heteroatoms. The number of nitriles is 1. The minimum absolute atomic E-state index is 0.0420. The summed E-state index contributed by atoms with van der Waals surface area (Å²) in [6.07, 6.45) is 1.94. The lowest BCUT2D eigenvalue weighted by atomic mass is 10.2. The number of unbranched alkanes of at least 4 members (excludes halogenated alkanes) is 2. The van der Waals surface area contributed by atoms with Gasteiger partial charge in [0, 0.05) is 19.0 Å². The van der Waals surface area contributed by atoms with Crippen LogP contribution < -0.4 is 5.32 Å². The maximum Gasteiger partial charge on any atom is 0.324 e. The Balaban J connectivity index is 2.37. The topological polar surface area (TPSA) is 96.0 Å². The predicted octanol–water partition coefficient (Wildman–Crippen LogP) is 2.08. The second-order valence-corrected chi connectivity index (χ2v) is 4.33. The first-order chi connectivity index (χ1) is 8.15. The Morgan fingerprint density at radius 3 is 2.88 bits per heavy atom. The summed E-state index contributed by atoms with van der Waals surface area (Å²) in [7, 11) is 0. The van der Waals surface area contributed by atoms with Gasteiger partial charge in [0.1, 0.15) is 0 Å². The molecular weight excluding hydrogens is 242 g/mol. The summed E-state index contributed by atoms with van der Waals surface area (Å²) in [5, 5.41) is 21.3. The lowest BCUT2D eigenvalue weighted by Gasteiger charge is -2.01. The number of rotatable bonds is 6. The molecule has 0 aliphatic rings. The summed E-state index contributed by atoms with van der Waals surface area (Å²) in [5.41, 5.74) is 0. The number of hydrogen-bond donors (Lipinski definition) is 1. The Hall–Kier alpha value is -1.94. The van der Waals surface area contributed by atoms with Crippen molar-refractivity contribution >= 4 is 22.2 Å². The van der Waals surface area contributed by atoms with Crippen molar-refractivity contribution in [1.29, 1.82) is 5.26 Å². The predicted molar refractivity (Wildman–Crippen MR) is 62.8 cm³/mol. The first-order valence-corrected chi connectivity index (χ1v) is 5.86. The van der Waals surface area contributed by atoms with Gasteiger partial charge >= 0.3 is 5.00 Å². The number of amides is 1. The summed E-state index contributed by atoms with van der Waals surface area (Å²) in [4.78, 5) is 21.8. The van der Waals surface area contributed by atoms with Gasteiger partial charge in [-0.25, -0.2) is 0 Å². The van der Waals surface area contributed by atoms with Gasteiger partial charge in [0.2, 0.25) is 0 Å². The molecule has 1 amide bonds. The van der Waals surface area contributed by atoms with E-state index in [9.17, 15) is 14.9 Å². The maximum absolute atomic E-state index is 11.5. The number of thiophene rings is 1. The van der Waals surface area contributed by atoms with Gasteiger partial charge < -0.3 is 5.32 Å². The van der Waals surface area contributed by atoms with E-state index < -0.39 is 4.92 Å². The standard InChI is InChI=1S/C10H11N3O3S/c11-6-2-1-3-7-12-10(14)8-4-5-9(17-8)13(15)16/h4-5H,1-3,7H2,(H,12,14). The Morgan fingerprint density at radius 2 is 2.29 bits per heavy atom. The SMILES string of the molecule is N#CCCCCNC(=O)c1ccc([N+](=O)[O-])s1. The van der Waals surface area contributed by atoms with E-state index in [1.807, 2.05) is 6.07 Å². The fourth-order valence-corrected chi connectivity index (χ4v) is 1.90. The molecule has 1 aromatic heterocycles. The first-order valence-electron chi connectivity index (χ1n) is 5.04. The quantitative estimate of drug-likeness (QED) is 0.477. The molecule has 0 aliphatic heterocycles. The molecule has 1 aromatic rings. The minimum atomic E-state index is -0.519. The van der Waals surface area contributed by atoms with E-state index in [1.54, 1.807) is 0 Å². The molecule has 0 saturated carbocycles. The zero-order valence-corrected chi connectivity index (χ0v) is 9.83. The lowest BCUT2D eigenvalue weighted by Crippen LogP contribution is -2.23. The molecule has 90 valence electrons. The molecule has 0 radical (unpaired) electrons. The van der Waals surface area contributed by atoms with E-state index >= 15 is 0 Å². The third-order valence-corrected chi connectivity index (χ3v) is 3.03. The van der Waals surface area contributed by atoms with Crippen molar-refractivity contribution in [2.24, 2.45) is 0 Å². The summed E-state index contributed by atoms with van der Waals surface area (Å²) in [5.74, 6) is -0.306. The van der Waals surface area contributed by atoms with Gasteiger partial charge in [0.15, 0.2) is 0 Å². The van der Waals surface area contributed by atoms with Gasteiger partial charge in [-0.3, -0.25) is 14.9 Å². The van der Waals surface area contributed by atoms with Crippen molar-refractivity contribution in [3.8, 4) is 6.07 Å². The average Bonchev–Trinajstić information content (AvgIpc) is 2.78. The van der Waals surface area contributed by atoms with Crippen molar-refractivity contribution in [2.75, 3.05) is 6.54 Å². The summed E-state index contributed by atoms with van der Waals surface area (Å²) < 4.78 is 0. The van der Waals surface area contributed by atoms with E-state index in [0.29, 0.717) is 17.8 Å². The van der Waals surface area contributed by atoms with Crippen LogP contribution in [-0.4, -0.2) is 17.4 Å². The average molecular weight is 253 g/mol. The third-order valence-electron chi connectivity index (χ3n) is 2.00. The highest BCUT2D eigenvalue weighted by Gasteiger charge is 2.14. The van der Waals surface area contributed by atoms with Gasteiger partial charge in [-0.15, -0.1) is 0 Å². The highest BCUT2D eigenvalue weighted by molar-refractivity contribution is 7.17. The van der Waals surface area contributed by atoms with Gasteiger partial charge in [0.25, 0.3) is 5.91 Å². The highest BCUT2D eigenvalue weighted by atomic mass is 32.1. The van der Waals surface area contributed by atoms with Gasteiger partial charge in [-0.05, 0) is 18.9 Å². The molecule has 6 nitrogen and oxygen atoms in total. The van der Waals surface area contributed by atoms with Crippen LogP contribution in [0.1, 0.15) is 28.9 Å². The van der Waals surface area contributed by atoms with Gasteiger partial charge in [-0.1, -0.05) is 11.3 Å². The Bertz CT molecular complexity index is 450. The molecule has 0 fully saturated rings. The molecule has 0 bridgehead atoms. The molecule has 1 rings (SSSR count). The number of carbonyl (C=O) groups is 1. The molecule has 0 saturated heterocycles. The van der Waals surface area contributed by atoms with Crippen molar-refractivity contribution in [3.63, 3.8) is 0 Å². The van der Waals surface area contributed by atoms with Crippen LogP contribution in [0, 0.1) is 21.4 Å².